The molecule has 0 atom stereocenters. The summed E-state index contributed by atoms with van der Waals surface area (Å²) in [5.74, 6) is -0.419. The number of aromatic nitrogens is 2. The van der Waals surface area contributed by atoms with Gasteiger partial charge in [0.2, 0.25) is 5.89 Å². The summed E-state index contributed by atoms with van der Waals surface area (Å²) in [6.45, 7) is -3.18. The number of alkyl halides is 2. The third-order valence-corrected chi connectivity index (χ3v) is 3.65. The topological polar surface area (TPSA) is 118 Å². The molecule has 0 bridgehead atoms. The molecule has 150 valence electrons. The van der Waals surface area contributed by atoms with Gasteiger partial charge in [-0.3, -0.25) is 14.9 Å². The van der Waals surface area contributed by atoms with Crippen molar-refractivity contribution >= 4 is 11.7 Å². The van der Waals surface area contributed by atoms with Gasteiger partial charge in [-0.05, 0) is 29.8 Å². The molecule has 2 aromatic carbocycles. The Morgan fingerprint density at radius 1 is 1.10 bits per heavy atom. The smallest absolute Gasteiger partial charge is 0.387 e. The lowest BCUT2D eigenvalue weighted by molar-refractivity contribution is -0.384. The van der Waals surface area contributed by atoms with E-state index in [0.29, 0.717) is 11.1 Å². The molecular weight excluding hydrogens is 392 g/mol. The zero-order valence-corrected chi connectivity index (χ0v) is 14.7. The Bertz CT molecular complexity index is 990. The molecule has 0 radical (unpaired) electrons. The number of nitro groups is 1. The maximum Gasteiger partial charge on any atom is 0.387 e. The second kappa shape index (κ2) is 8.87. The first-order chi connectivity index (χ1) is 13.9. The monoisotopic (exact) mass is 405 g/mol. The lowest BCUT2D eigenvalue weighted by atomic mass is 10.1. The summed E-state index contributed by atoms with van der Waals surface area (Å²) in [7, 11) is 0. The molecule has 11 heteroatoms. The van der Waals surface area contributed by atoms with Crippen LogP contribution >= 0.6 is 0 Å². The lowest BCUT2D eigenvalue weighted by Gasteiger charge is -2.06. The number of carbonyl (C=O) groups is 1. The molecule has 0 saturated carbocycles. The summed E-state index contributed by atoms with van der Waals surface area (Å²) < 4.78 is 38.9. The van der Waals surface area contributed by atoms with Gasteiger partial charge >= 0.3 is 12.6 Å². The molecule has 3 rings (SSSR count). The maximum absolute atomic E-state index is 12.1. The molecule has 0 fully saturated rings. The van der Waals surface area contributed by atoms with E-state index in [2.05, 4.69) is 14.9 Å². The molecule has 0 spiro atoms. The van der Waals surface area contributed by atoms with Crippen molar-refractivity contribution in [1.82, 2.24) is 10.2 Å². The van der Waals surface area contributed by atoms with Crippen LogP contribution in [0.15, 0.2) is 52.9 Å². The Morgan fingerprint density at radius 3 is 2.41 bits per heavy atom. The van der Waals surface area contributed by atoms with E-state index in [0.717, 1.165) is 0 Å². The highest BCUT2D eigenvalue weighted by Crippen LogP contribution is 2.21. The van der Waals surface area contributed by atoms with Gasteiger partial charge in [0.25, 0.3) is 11.6 Å². The molecule has 29 heavy (non-hydrogen) atoms. The van der Waals surface area contributed by atoms with E-state index < -0.39 is 17.5 Å². The van der Waals surface area contributed by atoms with E-state index in [1.807, 2.05) is 0 Å². The van der Waals surface area contributed by atoms with Crippen LogP contribution in [0.25, 0.3) is 11.5 Å². The zero-order chi connectivity index (χ0) is 20.8. The fourth-order valence-corrected chi connectivity index (χ4v) is 2.30. The Labute approximate surface area is 162 Å². The number of nitro benzene ring substituents is 1. The van der Waals surface area contributed by atoms with E-state index >= 15 is 0 Å². The molecule has 0 aliphatic rings. The van der Waals surface area contributed by atoms with E-state index in [1.165, 1.54) is 48.5 Å². The van der Waals surface area contributed by atoms with Gasteiger partial charge < -0.3 is 13.9 Å². The highest BCUT2D eigenvalue weighted by atomic mass is 19.3. The van der Waals surface area contributed by atoms with Crippen LogP contribution in [-0.4, -0.2) is 27.7 Å². The van der Waals surface area contributed by atoms with Crippen LogP contribution in [0.3, 0.4) is 0 Å². The summed E-state index contributed by atoms with van der Waals surface area (Å²) >= 11 is 0. The fourth-order valence-electron chi connectivity index (χ4n) is 2.30. The molecule has 0 unspecified atom stereocenters. The van der Waals surface area contributed by atoms with Crippen molar-refractivity contribution in [3.05, 3.63) is 70.1 Å². The van der Waals surface area contributed by atoms with Gasteiger partial charge in [0.1, 0.15) is 5.75 Å². The Kier molecular flexibility index (Phi) is 6.07. The number of hydrogen-bond acceptors (Lipinski definition) is 8. The Morgan fingerprint density at radius 2 is 1.79 bits per heavy atom. The van der Waals surface area contributed by atoms with Crippen LogP contribution in [0.1, 0.15) is 11.5 Å². The summed E-state index contributed by atoms with van der Waals surface area (Å²) in [5.41, 5.74) is 0.955. The van der Waals surface area contributed by atoms with Crippen LogP contribution in [0, 0.1) is 10.1 Å². The predicted molar refractivity (Wildman–Crippen MR) is 93.0 cm³/mol. The number of esters is 1. The number of hydrogen-bond donors (Lipinski definition) is 0. The summed E-state index contributed by atoms with van der Waals surface area (Å²) in [4.78, 5) is 22.0. The van der Waals surface area contributed by atoms with Crippen molar-refractivity contribution in [3.63, 3.8) is 0 Å². The minimum atomic E-state index is -2.92. The van der Waals surface area contributed by atoms with E-state index in [1.54, 1.807) is 0 Å². The first-order valence-electron chi connectivity index (χ1n) is 8.17. The predicted octanol–water partition coefficient (Wildman–Crippen LogP) is 3.53. The third kappa shape index (κ3) is 5.54. The van der Waals surface area contributed by atoms with Gasteiger partial charge in [-0.15, -0.1) is 10.2 Å². The average molecular weight is 405 g/mol. The number of carbonyl (C=O) groups excluding carboxylic acids is 1. The molecule has 9 nitrogen and oxygen atoms in total. The number of rotatable bonds is 8. The molecule has 0 aliphatic heterocycles. The molecule has 0 saturated heterocycles. The zero-order valence-electron chi connectivity index (χ0n) is 14.7. The summed E-state index contributed by atoms with van der Waals surface area (Å²) in [6.07, 6.45) is -0.0850. The van der Waals surface area contributed by atoms with Gasteiger partial charge in [0.05, 0.1) is 11.3 Å². The minimum Gasteiger partial charge on any atom is -0.455 e. The highest BCUT2D eigenvalue weighted by molar-refractivity contribution is 5.72. The highest BCUT2D eigenvalue weighted by Gasteiger charge is 2.13. The maximum atomic E-state index is 12.1. The number of nitrogens with zero attached hydrogens (tertiary/aromatic N) is 3. The van der Waals surface area contributed by atoms with E-state index in [9.17, 15) is 23.7 Å². The number of benzene rings is 2. The second-order valence-electron chi connectivity index (χ2n) is 5.66. The van der Waals surface area contributed by atoms with E-state index in [4.69, 9.17) is 9.15 Å². The van der Waals surface area contributed by atoms with Crippen molar-refractivity contribution in [2.75, 3.05) is 0 Å². The summed E-state index contributed by atoms with van der Waals surface area (Å²) in [6, 6.07) is 11.1. The van der Waals surface area contributed by atoms with Crippen molar-refractivity contribution in [2.45, 2.75) is 19.6 Å². The molecule has 0 N–H and O–H groups in total. The average Bonchev–Trinajstić information content (AvgIpc) is 3.17. The molecule has 0 aliphatic carbocycles. The first-order valence-corrected chi connectivity index (χ1v) is 8.17. The normalized spacial score (nSPS) is 10.7. The Balaban J connectivity index is 1.52. The SMILES string of the molecule is O=C(Cc1ccc(OC(F)F)cc1)OCc1nnc(-c2ccc([N+](=O)[O-])cc2)o1. The second-order valence-corrected chi connectivity index (χ2v) is 5.66. The van der Waals surface area contributed by atoms with Crippen LogP contribution in [0.2, 0.25) is 0 Å². The van der Waals surface area contributed by atoms with Crippen molar-refractivity contribution < 1.29 is 32.4 Å². The Hall–Kier alpha value is -3.89. The van der Waals surface area contributed by atoms with Crippen LogP contribution in [0.4, 0.5) is 14.5 Å². The van der Waals surface area contributed by atoms with Crippen molar-refractivity contribution in [3.8, 4) is 17.2 Å². The van der Waals surface area contributed by atoms with Crippen molar-refractivity contribution in [2.24, 2.45) is 0 Å². The van der Waals surface area contributed by atoms with Gasteiger partial charge in [-0.1, -0.05) is 12.1 Å². The molecule has 1 aromatic heterocycles. The first kappa shape index (κ1) is 19.9. The standard InChI is InChI=1S/C18H13F2N3O6/c19-18(20)28-14-7-1-11(2-8-14)9-16(24)27-10-15-21-22-17(29-15)12-3-5-13(6-4-12)23(25)26/h1-8,18H,9-10H2. The number of ether oxygens (including phenoxy) is 2. The van der Waals surface area contributed by atoms with Crippen molar-refractivity contribution in [1.29, 1.82) is 0 Å². The van der Waals surface area contributed by atoms with Gasteiger partial charge in [-0.25, -0.2) is 0 Å². The third-order valence-electron chi connectivity index (χ3n) is 3.65. The molecule has 3 aromatic rings. The number of halogens is 2. The van der Waals surface area contributed by atoms with Gasteiger partial charge in [-0.2, -0.15) is 8.78 Å². The summed E-state index contributed by atoms with van der Waals surface area (Å²) in [5, 5.41) is 18.2. The lowest BCUT2D eigenvalue weighted by Crippen LogP contribution is -2.08. The molecule has 1 heterocycles. The van der Waals surface area contributed by atoms with Crippen LogP contribution in [0.5, 0.6) is 5.75 Å². The minimum absolute atomic E-state index is 0.0123. The molecule has 0 amide bonds. The quantitative estimate of drug-likeness (QED) is 0.317. The van der Waals surface area contributed by atoms with Gasteiger partial charge in [0.15, 0.2) is 6.61 Å². The van der Waals surface area contributed by atoms with E-state index in [-0.39, 0.29) is 36.2 Å². The fraction of sp³-hybridized carbons (Fsp3) is 0.167. The largest absolute Gasteiger partial charge is 0.455 e. The van der Waals surface area contributed by atoms with Gasteiger partial charge in [0, 0.05) is 17.7 Å². The van der Waals surface area contributed by atoms with Crippen LogP contribution in [-0.2, 0) is 22.6 Å². The van der Waals surface area contributed by atoms with Crippen LogP contribution < -0.4 is 4.74 Å². The molecular formula is C18H13F2N3O6. The number of non-ortho nitro benzene ring substituents is 1.